The molecule has 0 spiro atoms. The Labute approximate surface area is 211 Å². The standard InChI is InChI=1S/C30H36N4O2/c1-18-11-19-13-20(12-18)15-23(14-19)33-21-8-9-22(33)17-24(16-21)34-27-7-3-2-6-26(27)32-28(30(34)36)25-5-4-10-31-29(25)35/h2-7,10,18-24H,8-9,11-17H2,1H3,(H,31,35)/t18?,19-,20+,21-,22+,23?,24?. The van der Waals surface area contributed by atoms with Crippen LogP contribution in [0.4, 0.5) is 0 Å². The first-order valence-corrected chi connectivity index (χ1v) is 14.0. The highest BCUT2D eigenvalue weighted by atomic mass is 16.1. The van der Waals surface area contributed by atoms with Crippen LogP contribution in [0.1, 0.15) is 70.8 Å². The number of rotatable bonds is 3. The summed E-state index contributed by atoms with van der Waals surface area (Å²) in [6, 6.07) is 13.3. The Balaban J connectivity index is 1.24. The number of para-hydroxylation sites is 2. The van der Waals surface area contributed by atoms with Crippen molar-refractivity contribution in [1.82, 2.24) is 19.4 Å². The molecule has 2 aliphatic heterocycles. The van der Waals surface area contributed by atoms with Gasteiger partial charge in [0, 0.05) is 30.4 Å². The molecule has 0 radical (unpaired) electrons. The van der Waals surface area contributed by atoms with Crippen LogP contribution in [0.2, 0.25) is 0 Å². The highest BCUT2D eigenvalue weighted by Gasteiger charge is 2.47. The summed E-state index contributed by atoms with van der Waals surface area (Å²) < 4.78 is 1.99. The zero-order valence-corrected chi connectivity index (χ0v) is 21.1. The molecule has 6 nitrogen and oxygen atoms in total. The Kier molecular flexibility index (Phi) is 5.42. The molecule has 1 aromatic carbocycles. The van der Waals surface area contributed by atoms with Gasteiger partial charge in [-0.25, -0.2) is 4.98 Å². The summed E-state index contributed by atoms with van der Waals surface area (Å²) in [6.07, 6.45) is 13.1. The van der Waals surface area contributed by atoms with Crippen molar-refractivity contribution in [1.29, 1.82) is 0 Å². The minimum atomic E-state index is -0.268. The van der Waals surface area contributed by atoms with E-state index in [-0.39, 0.29) is 22.9 Å². The molecular formula is C30H36N4O2. The van der Waals surface area contributed by atoms with Gasteiger partial charge in [-0.1, -0.05) is 19.1 Å². The molecule has 2 saturated heterocycles. The minimum Gasteiger partial charge on any atom is -0.329 e. The number of H-pyrrole nitrogens is 1. The van der Waals surface area contributed by atoms with Gasteiger partial charge < -0.3 is 9.55 Å². The van der Waals surface area contributed by atoms with Gasteiger partial charge in [-0.3, -0.25) is 14.5 Å². The topological polar surface area (TPSA) is 71.0 Å². The van der Waals surface area contributed by atoms with Crippen LogP contribution in [0.3, 0.4) is 0 Å². The average molecular weight is 485 g/mol. The Morgan fingerprint density at radius 1 is 0.806 bits per heavy atom. The maximum Gasteiger partial charge on any atom is 0.278 e. The SMILES string of the molecule is CC1C[C@@H]2CC(N3[C@@H]4CC[C@H]3CC(n3c(=O)c(-c5ccc[nH]c5=O)nc5ccccc53)C4)C[C@H](C1)C2. The second kappa shape index (κ2) is 8.69. The predicted octanol–water partition coefficient (Wildman–Crippen LogP) is 5.13. The first kappa shape index (κ1) is 22.5. The highest BCUT2D eigenvalue weighted by molar-refractivity contribution is 5.77. The zero-order valence-electron chi connectivity index (χ0n) is 21.1. The predicted molar refractivity (Wildman–Crippen MR) is 142 cm³/mol. The molecule has 188 valence electrons. The van der Waals surface area contributed by atoms with Crippen LogP contribution < -0.4 is 11.1 Å². The second-order valence-corrected chi connectivity index (χ2v) is 12.2. The lowest BCUT2D eigenvalue weighted by Gasteiger charge is -2.50. The summed E-state index contributed by atoms with van der Waals surface area (Å²) in [7, 11) is 0. The van der Waals surface area contributed by atoms with E-state index in [1.807, 2.05) is 28.8 Å². The molecule has 36 heavy (non-hydrogen) atoms. The Morgan fingerprint density at radius 3 is 2.25 bits per heavy atom. The molecule has 7 atom stereocenters. The van der Waals surface area contributed by atoms with Gasteiger partial charge in [0.1, 0.15) is 5.69 Å². The van der Waals surface area contributed by atoms with Crippen molar-refractivity contribution in [3.05, 3.63) is 63.3 Å². The molecular weight excluding hydrogens is 448 g/mol. The summed E-state index contributed by atoms with van der Waals surface area (Å²) >= 11 is 0. The van der Waals surface area contributed by atoms with Crippen LogP contribution in [0, 0.1) is 17.8 Å². The van der Waals surface area contributed by atoms with E-state index in [0.717, 1.165) is 47.7 Å². The van der Waals surface area contributed by atoms with Crippen molar-refractivity contribution in [3.8, 4) is 11.3 Å². The number of fused-ring (bicyclic) bond motifs is 5. The van der Waals surface area contributed by atoms with Crippen LogP contribution in [0.25, 0.3) is 22.3 Å². The van der Waals surface area contributed by atoms with Crippen LogP contribution in [0.5, 0.6) is 0 Å². The van der Waals surface area contributed by atoms with Gasteiger partial charge in [-0.2, -0.15) is 0 Å². The highest BCUT2D eigenvalue weighted by Crippen LogP contribution is 2.49. The fourth-order valence-corrected chi connectivity index (χ4v) is 8.68. The number of aromatic nitrogens is 3. The van der Waals surface area contributed by atoms with Crippen molar-refractivity contribution >= 4 is 11.0 Å². The molecule has 3 aromatic rings. The second-order valence-electron chi connectivity index (χ2n) is 12.2. The summed E-state index contributed by atoms with van der Waals surface area (Å²) in [5.41, 5.74) is 1.88. The quantitative estimate of drug-likeness (QED) is 0.559. The van der Waals surface area contributed by atoms with E-state index in [1.54, 1.807) is 18.3 Å². The molecule has 2 aromatic heterocycles. The lowest BCUT2D eigenvalue weighted by Crippen LogP contribution is -2.53. The maximum atomic E-state index is 13.9. The van der Waals surface area contributed by atoms with Crippen LogP contribution in [-0.4, -0.2) is 37.6 Å². The van der Waals surface area contributed by atoms with E-state index in [0.29, 0.717) is 17.6 Å². The number of hydrogen-bond acceptors (Lipinski definition) is 4. The minimum absolute atomic E-state index is 0.135. The number of nitrogens with zero attached hydrogens (tertiary/aromatic N) is 3. The van der Waals surface area contributed by atoms with E-state index >= 15 is 0 Å². The first-order chi connectivity index (χ1) is 17.5. The smallest absolute Gasteiger partial charge is 0.278 e. The number of piperidine rings is 1. The van der Waals surface area contributed by atoms with Crippen molar-refractivity contribution in [3.63, 3.8) is 0 Å². The van der Waals surface area contributed by atoms with Gasteiger partial charge in [0.2, 0.25) is 0 Å². The fourth-order valence-electron chi connectivity index (χ4n) is 8.68. The number of aromatic amines is 1. The Hall–Kier alpha value is -2.73. The number of benzene rings is 1. The van der Waals surface area contributed by atoms with E-state index in [1.165, 1.54) is 44.9 Å². The van der Waals surface area contributed by atoms with E-state index in [2.05, 4.69) is 21.8 Å². The average Bonchev–Trinajstić information content (AvgIpc) is 3.13. The lowest BCUT2D eigenvalue weighted by molar-refractivity contribution is -0.000110. The molecule has 2 saturated carbocycles. The maximum absolute atomic E-state index is 13.9. The van der Waals surface area contributed by atoms with Crippen LogP contribution in [0.15, 0.2) is 52.2 Å². The van der Waals surface area contributed by atoms with Gasteiger partial charge in [0.05, 0.1) is 16.6 Å². The normalized spacial score (nSPS) is 34.2. The van der Waals surface area contributed by atoms with Gasteiger partial charge in [-0.15, -0.1) is 0 Å². The van der Waals surface area contributed by atoms with Gasteiger partial charge >= 0.3 is 0 Å². The van der Waals surface area contributed by atoms with Crippen LogP contribution in [-0.2, 0) is 0 Å². The van der Waals surface area contributed by atoms with E-state index in [9.17, 15) is 9.59 Å². The van der Waals surface area contributed by atoms with E-state index in [4.69, 9.17) is 0 Å². The molecule has 3 unspecified atom stereocenters. The van der Waals surface area contributed by atoms with E-state index < -0.39 is 0 Å². The number of hydrogen-bond donors (Lipinski definition) is 1. The fraction of sp³-hybridized carbons (Fsp3) is 0.567. The third-order valence-electron chi connectivity index (χ3n) is 9.77. The summed E-state index contributed by atoms with van der Waals surface area (Å²) in [5, 5.41) is 0. The van der Waals surface area contributed by atoms with Crippen molar-refractivity contribution in [2.24, 2.45) is 17.8 Å². The first-order valence-electron chi connectivity index (χ1n) is 14.0. The molecule has 1 N–H and O–H groups in total. The monoisotopic (exact) mass is 484 g/mol. The van der Waals surface area contributed by atoms with Crippen LogP contribution >= 0.6 is 0 Å². The molecule has 4 heterocycles. The molecule has 4 fully saturated rings. The third kappa shape index (κ3) is 3.68. The molecule has 4 aliphatic rings. The Bertz CT molecular complexity index is 1380. The van der Waals surface area contributed by atoms with Crippen molar-refractivity contribution in [2.75, 3.05) is 0 Å². The lowest BCUT2D eigenvalue weighted by atomic mass is 9.66. The van der Waals surface area contributed by atoms with Crippen molar-refractivity contribution in [2.45, 2.75) is 88.9 Å². The third-order valence-corrected chi connectivity index (χ3v) is 9.77. The van der Waals surface area contributed by atoms with Gasteiger partial charge in [0.15, 0.2) is 0 Å². The summed E-state index contributed by atoms with van der Waals surface area (Å²) in [6.45, 7) is 2.45. The molecule has 6 heteroatoms. The number of nitrogens with one attached hydrogen (secondary N) is 1. The van der Waals surface area contributed by atoms with Crippen molar-refractivity contribution < 1.29 is 0 Å². The molecule has 4 bridgehead atoms. The van der Waals surface area contributed by atoms with Gasteiger partial charge in [-0.05, 0) is 99.8 Å². The summed E-state index contributed by atoms with van der Waals surface area (Å²) in [4.78, 5) is 36.8. The Morgan fingerprint density at radius 2 is 1.53 bits per heavy atom. The molecule has 7 rings (SSSR count). The zero-order chi connectivity index (χ0) is 24.4. The van der Waals surface area contributed by atoms with Gasteiger partial charge in [0.25, 0.3) is 11.1 Å². The molecule has 0 amide bonds. The number of pyridine rings is 1. The molecule has 2 aliphatic carbocycles. The summed E-state index contributed by atoms with van der Waals surface area (Å²) in [5.74, 6) is 2.72. The largest absolute Gasteiger partial charge is 0.329 e.